The van der Waals surface area contributed by atoms with Gasteiger partial charge < -0.3 is 5.32 Å². The molecule has 1 aromatic carbocycles. The van der Waals surface area contributed by atoms with Gasteiger partial charge in [0.1, 0.15) is 0 Å². The Morgan fingerprint density at radius 3 is 2.70 bits per heavy atom. The molecule has 2 rings (SSSR count). The Bertz CT molecular complexity index is 575. The maximum atomic E-state index is 6.17. The van der Waals surface area contributed by atoms with Crippen molar-refractivity contribution in [3.05, 3.63) is 40.7 Å². The molecule has 0 bridgehead atoms. The van der Waals surface area contributed by atoms with Gasteiger partial charge in [0.15, 0.2) is 0 Å². The molecule has 1 N–H and O–H groups in total. The SMILES string of the molecule is CCCNCc1ccc(Cl)cc1-c1cnn(CC)c1C. The zero-order chi connectivity index (χ0) is 14.5. The Morgan fingerprint density at radius 2 is 2.05 bits per heavy atom. The lowest BCUT2D eigenvalue weighted by atomic mass is 10.0. The van der Waals surface area contributed by atoms with Crippen LogP contribution in [0.4, 0.5) is 0 Å². The van der Waals surface area contributed by atoms with Gasteiger partial charge in [-0.15, -0.1) is 0 Å². The molecule has 0 radical (unpaired) electrons. The van der Waals surface area contributed by atoms with E-state index in [-0.39, 0.29) is 0 Å². The third-order valence-corrected chi connectivity index (χ3v) is 3.74. The lowest BCUT2D eigenvalue weighted by Gasteiger charge is -2.11. The first kappa shape index (κ1) is 15.1. The van der Waals surface area contributed by atoms with Gasteiger partial charge in [0.25, 0.3) is 0 Å². The first-order valence-corrected chi connectivity index (χ1v) is 7.57. The van der Waals surface area contributed by atoms with E-state index in [0.717, 1.165) is 31.1 Å². The Labute approximate surface area is 126 Å². The Kier molecular flexibility index (Phi) is 5.21. The average molecular weight is 292 g/mol. The van der Waals surface area contributed by atoms with E-state index in [2.05, 4.69) is 37.3 Å². The van der Waals surface area contributed by atoms with Crippen molar-refractivity contribution in [2.75, 3.05) is 6.54 Å². The van der Waals surface area contributed by atoms with Crippen LogP contribution in [0.15, 0.2) is 24.4 Å². The quantitative estimate of drug-likeness (QED) is 0.814. The summed E-state index contributed by atoms with van der Waals surface area (Å²) in [5.41, 5.74) is 4.80. The zero-order valence-corrected chi connectivity index (χ0v) is 13.2. The van der Waals surface area contributed by atoms with Gasteiger partial charge in [-0.05, 0) is 50.1 Å². The number of nitrogens with zero attached hydrogens (tertiary/aromatic N) is 2. The van der Waals surface area contributed by atoms with Crippen LogP contribution in [0.2, 0.25) is 5.02 Å². The molecule has 1 aromatic heterocycles. The standard InChI is InChI=1S/C16H22ClN3/c1-4-8-18-10-13-6-7-14(17)9-15(13)16-11-19-20(5-2)12(16)3/h6-7,9,11,18H,4-5,8,10H2,1-3H3. The fourth-order valence-electron chi connectivity index (χ4n) is 2.38. The van der Waals surface area contributed by atoms with Crippen LogP contribution >= 0.6 is 11.6 Å². The molecule has 0 saturated heterocycles. The van der Waals surface area contributed by atoms with Crippen LogP contribution in [0.5, 0.6) is 0 Å². The van der Waals surface area contributed by atoms with Crippen LogP contribution in [0, 0.1) is 6.92 Å². The molecule has 4 heteroatoms. The highest BCUT2D eigenvalue weighted by Crippen LogP contribution is 2.29. The van der Waals surface area contributed by atoms with Gasteiger partial charge >= 0.3 is 0 Å². The largest absolute Gasteiger partial charge is 0.313 e. The molecule has 2 aromatic rings. The topological polar surface area (TPSA) is 29.9 Å². The molecule has 0 aliphatic carbocycles. The van der Waals surface area contributed by atoms with Crippen LogP contribution in [-0.2, 0) is 13.1 Å². The average Bonchev–Trinajstić information content (AvgIpc) is 2.81. The monoisotopic (exact) mass is 291 g/mol. The highest BCUT2D eigenvalue weighted by Gasteiger charge is 2.12. The molecule has 1 heterocycles. The second-order valence-corrected chi connectivity index (χ2v) is 5.37. The lowest BCUT2D eigenvalue weighted by molar-refractivity contribution is 0.640. The number of hydrogen-bond donors (Lipinski definition) is 1. The number of rotatable bonds is 6. The predicted octanol–water partition coefficient (Wildman–Crippen LogP) is 4.03. The molecule has 108 valence electrons. The highest BCUT2D eigenvalue weighted by atomic mass is 35.5. The van der Waals surface area contributed by atoms with Gasteiger partial charge in [-0.3, -0.25) is 4.68 Å². The fraction of sp³-hybridized carbons (Fsp3) is 0.438. The van der Waals surface area contributed by atoms with E-state index in [1.165, 1.54) is 22.4 Å². The maximum absolute atomic E-state index is 6.17. The van der Waals surface area contributed by atoms with Crippen molar-refractivity contribution in [3.8, 4) is 11.1 Å². The summed E-state index contributed by atoms with van der Waals surface area (Å²) in [7, 11) is 0. The Morgan fingerprint density at radius 1 is 1.25 bits per heavy atom. The highest BCUT2D eigenvalue weighted by molar-refractivity contribution is 6.30. The summed E-state index contributed by atoms with van der Waals surface area (Å²) in [6.07, 6.45) is 3.07. The van der Waals surface area contributed by atoms with Crippen molar-refractivity contribution in [3.63, 3.8) is 0 Å². The smallest absolute Gasteiger partial charge is 0.0571 e. The molecule has 3 nitrogen and oxygen atoms in total. The summed E-state index contributed by atoms with van der Waals surface area (Å²) in [6, 6.07) is 6.09. The van der Waals surface area contributed by atoms with Gasteiger partial charge in [0, 0.05) is 29.4 Å². The van der Waals surface area contributed by atoms with Gasteiger partial charge in [0.05, 0.1) is 6.20 Å². The van der Waals surface area contributed by atoms with Crippen molar-refractivity contribution in [1.29, 1.82) is 0 Å². The van der Waals surface area contributed by atoms with Gasteiger partial charge in [0.2, 0.25) is 0 Å². The van der Waals surface area contributed by atoms with E-state index >= 15 is 0 Å². The van der Waals surface area contributed by atoms with E-state index in [9.17, 15) is 0 Å². The van der Waals surface area contributed by atoms with Crippen molar-refractivity contribution in [2.45, 2.75) is 40.3 Å². The lowest BCUT2D eigenvalue weighted by Crippen LogP contribution is -2.14. The van der Waals surface area contributed by atoms with E-state index < -0.39 is 0 Å². The molecule has 0 aliphatic heterocycles. The molecule has 0 atom stereocenters. The number of hydrogen-bond acceptors (Lipinski definition) is 2. The van der Waals surface area contributed by atoms with Gasteiger partial charge in [-0.25, -0.2) is 0 Å². The third-order valence-electron chi connectivity index (χ3n) is 3.51. The van der Waals surface area contributed by atoms with Crippen molar-refractivity contribution in [1.82, 2.24) is 15.1 Å². The summed E-state index contributed by atoms with van der Waals surface area (Å²) in [6.45, 7) is 9.15. The second kappa shape index (κ2) is 6.91. The zero-order valence-electron chi connectivity index (χ0n) is 12.4. The first-order chi connectivity index (χ1) is 9.67. The van der Waals surface area contributed by atoms with Crippen LogP contribution in [0.3, 0.4) is 0 Å². The minimum absolute atomic E-state index is 0.767. The summed E-state index contributed by atoms with van der Waals surface area (Å²) < 4.78 is 2.01. The summed E-state index contributed by atoms with van der Waals surface area (Å²) >= 11 is 6.17. The van der Waals surface area contributed by atoms with Crippen LogP contribution in [0.25, 0.3) is 11.1 Å². The predicted molar refractivity (Wildman–Crippen MR) is 85.1 cm³/mol. The minimum Gasteiger partial charge on any atom is -0.313 e. The van der Waals surface area contributed by atoms with Crippen LogP contribution < -0.4 is 5.32 Å². The Hall–Kier alpha value is -1.32. The molecule has 0 spiro atoms. The Balaban J connectivity index is 2.37. The third kappa shape index (κ3) is 3.22. The van der Waals surface area contributed by atoms with Crippen LogP contribution in [0.1, 0.15) is 31.5 Å². The van der Waals surface area contributed by atoms with E-state index in [4.69, 9.17) is 11.6 Å². The number of aryl methyl sites for hydroxylation is 1. The minimum atomic E-state index is 0.767. The molecule has 0 fully saturated rings. The van der Waals surface area contributed by atoms with Crippen molar-refractivity contribution in [2.24, 2.45) is 0 Å². The maximum Gasteiger partial charge on any atom is 0.0571 e. The van der Waals surface area contributed by atoms with Crippen molar-refractivity contribution >= 4 is 11.6 Å². The summed E-state index contributed by atoms with van der Waals surface area (Å²) in [4.78, 5) is 0. The van der Waals surface area contributed by atoms with Crippen LogP contribution in [-0.4, -0.2) is 16.3 Å². The summed E-state index contributed by atoms with van der Waals surface area (Å²) in [5, 5.41) is 8.65. The molecule has 0 amide bonds. The number of aromatic nitrogens is 2. The van der Waals surface area contributed by atoms with Crippen molar-refractivity contribution < 1.29 is 0 Å². The molecule has 0 unspecified atom stereocenters. The molecule has 0 saturated carbocycles. The molecular formula is C16H22ClN3. The second-order valence-electron chi connectivity index (χ2n) is 4.94. The molecule has 20 heavy (non-hydrogen) atoms. The summed E-state index contributed by atoms with van der Waals surface area (Å²) in [5.74, 6) is 0. The normalized spacial score (nSPS) is 11.0. The van der Waals surface area contributed by atoms with Gasteiger partial charge in [-0.2, -0.15) is 5.10 Å². The molecular weight excluding hydrogens is 270 g/mol. The van der Waals surface area contributed by atoms with E-state index in [1.54, 1.807) is 0 Å². The fourth-order valence-corrected chi connectivity index (χ4v) is 2.56. The van der Waals surface area contributed by atoms with E-state index in [0.29, 0.717) is 0 Å². The number of benzene rings is 1. The van der Waals surface area contributed by atoms with E-state index in [1.807, 2.05) is 23.0 Å². The number of nitrogens with one attached hydrogen (secondary N) is 1. The molecule has 0 aliphatic rings. The number of halogens is 1. The first-order valence-electron chi connectivity index (χ1n) is 7.19. The van der Waals surface area contributed by atoms with Gasteiger partial charge in [-0.1, -0.05) is 24.6 Å².